The van der Waals surface area contributed by atoms with Gasteiger partial charge in [0.25, 0.3) is 0 Å². The molecule has 1 rings (SSSR count). The summed E-state index contributed by atoms with van der Waals surface area (Å²) in [6.07, 6.45) is 1.01. The Morgan fingerprint density at radius 2 is 1.93 bits per heavy atom. The number of benzene rings is 1. The highest BCUT2D eigenvalue weighted by Gasteiger charge is 2.01. The Labute approximate surface area is 95.4 Å². The van der Waals surface area contributed by atoms with E-state index in [2.05, 4.69) is 24.4 Å². The van der Waals surface area contributed by atoms with Crippen molar-refractivity contribution in [1.29, 1.82) is 0 Å². The second kappa shape index (κ2) is 6.28. The van der Waals surface area contributed by atoms with E-state index in [9.17, 15) is 0 Å². The highest BCUT2D eigenvalue weighted by molar-refractivity contribution is 6.30. The molecule has 0 radical (unpaired) electrons. The molecule has 0 saturated carbocycles. The number of halogens is 2. The van der Waals surface area contributed by atoms with Crippen LogP contribution in [0.1, 0.15) is 12.5 Å². The molecule has 1 N–H and O–H groups in total. The molecule has 0 aliphatic heterocycles. The third-order valence-corrected chi connectivity index (χ3v) is 2.48. The van der Waals surface area contributed by atoms with Gasteiger partial charge in [-0.1, -0.05) is 23.7 Å². The van der Waals surface area contributed by atoms with Crippen molar-refractivity contribution < 1.29 is 0 Å². The van der Waals surface area contributed by atoms with E-state index < -0.39 is 0 Å². The first-order valence-electron chi connectivity index (χ1n) is 4.76. The van der Waals surface area contributed by atoms with Crippen LogP contribution in [0.4, 0.5) is 0 Å². The van der Waals surface area contributed by atoms with E-state index in [0.717, 1.165) is 18.0 Å². The molecule has 1 nitrogen and oxygen atoms in total. The average Bonchev–Trinajstić information content (AvgIpc) is 2.18. The Kier molecular flexibility index (Phi) is 5.31. The maximum Gasteiger partial charge on any atom is 0.0406 e. The van der Waals surface area contributed by atoms with E-state index in [4.69, 9.17) is 23.2 Å². The van der Waals surface area contributed by atoms with Crippen LogP contribution in [-0.4, -0.2) is 18.5 Å². The zero-order chi connectivity index (χ0) is 10.4. The van der Waals surface area contributed by atoms with Gasteiger partial charge in [0.05, 0.1) is 0 Å². The van der Waals surface area contributed by atoms with E-state index >= 15 is 0 Å². The standard InChI is InChI=1S/C11H15Cl2N/c1-9(14-7-6-12)8-10-2-4-11(13)5-3-10/h2-5,9,14H,6-8H2,1H3. The Bertz CT molecular complexity index is 258. The maximum absolute atomic E-state index is 5.80. The van der Waals surface area contributed by atoms with Crippen LogP contribution in [0.15, 0.2) is 24.3 Å². The Morgan fingerprint density at radius 3 is 2.50 bits per heavy atom. The predicted octanol–water partition coefficient (Wildman–Crippen LogP) is 3.10. The molecule has 3 heteroatoms. The van der Waals surface area contributed by atoms with E-state index in [0.29, 0.717) is 11.9 Å². The van der Waals surface area contributed by atoms with Gasteiger partial charge in [-0.25, -0.2) is 0 Å². The quantitative estimate of drug-likeness (QED) is 0.769. The van der Waals surface area contributed by atoms with Crippen LogP contribution in [0.5, 0.6) is 0 Å². The van der Waals surface area contributed by atoms with Gasteiger partial charge in [-0.15, -0.1) is 11.6 Å². The molecule has 1 unspecified atom stereocenters. The smallest absolute Gasteiger partial charge is 0.0406 e. The molecule has 0 fully saturated rings. The van der Waals surface area contributed by atoms with Crippen LogP contribution in [0.25, 0.3) is 0 Å². The summed E-state index contributed by atoms with van der Waals surface area (Å²) < 4.78 is 0. The Morgan fingerprint density at radius 1 is 1.29 bits per heavy atom. The molecule has 1 aromatic rings. The van der Waals surface area contributed by atoms with Crippen LogP contribution >= 0.6 is 23.2 Å². The van der Waals surface area contributed by atoms with Gasteiger partial charge in [0, 0.05) is 23.5 Å². The highest BCUT2D eigenvalue weighted by Crippen LogP contribution is 2.10. The minimum Gasteiger partial charge on any atom is -0.313 e. The van der Waals surface area contributed by atoms with Crippen LogP contribution in [-0.2, 0) is 6.42 Å². The van der Waals surface area contributed by atoms with E-state index in [-0.39, 0.29) is 0 Å². The molecule has 14 heavy (non-hydrogen) atoms. The van der Waals surface area contributed by atoms with Gasteiger partial charge in [-0.05, 0) is 31.0 Å². The van der Waals surface area contributed by atoms with Gasteiger partial charge >= 0.3 is 0 Å². The first-order valence-corrected chi connectivity index (χ1v) is 5.67. The molecule has 0 bridgehead atoms. The third kappa shape index (κ3) is 4.32. The summed E-state index contributed by atoms with van der Waals surface area (Å²) in [6.45, 7) is 3.01. The van der Waals surface area contributed by atoms with Crippen molar-refractivity contribution in [3.8, 4) is 0 Å². The lowest BCUT2D eigenvalue weighted by atomic mass is 10.1. The number of hydrogen-bond donors (Lipinski definition) is 1. The van der Waals surface area contributed by atoms with Crippen molar-refractivity contribution in [3.63, 3.8) is 0 Å². The van der Waals surface area contributed by atoms with Crippen molar-refractivity contribution in [2.45, 2.75) is 19.4 Å². The first-order chi connectivity index (χ1) is 6.72. The summed E-state index contributed by atoms with van der Waals surface area (Å²) in [6, 6.07) is 8.41. The molecular weight excluding hydrogens is 217 g/mol. The van der Waals surface area contributed by atoms with Crippen molar-refractivity contribution in [2.24, 2.45) is 0 Å². The summed E-state index contributed by atoms with van der Waals surface area (Å²) >= 11 is 11.4. The summed E-state index contributed by atoms with van der Waals surface area (Å²) in [7, 11) is 0. The molecule has 1 atom stereocenters. The Balaban J connectivity index is 2.39. The normalized spacial score (nSPS) is 12.8. The van der Waals surface area contributed by atoms with Crippen LogP contribution < -0.4 is 5.32 Å². The van der Waals surface area contributed by atoms with Gasteiger partial charge < -0.3 is 5.32 Å². The van der Waals surface area contributed by atoms with Gasteiger partial charge in [-0.2, -0.15) is 0 Å². The zero-order valence-electron chi connectivity index (χ0n) is 8.26. The molecule has 1 aromatic carbocycles. The van der Waals surface area contributed by atoms with Gasteiger partial charge in [0.1, 0.15) is 0 Å². The lowest BCUT2D eigenvalue weighted by molar-refractivity contribution is 0.567. The van der Waals surface area contributed by atoms with Crippen molar-refractivity contribution >= 4 is 23.2 Å². The van der Waals surface area contributed by atoms with E-state index in [1.165, 1.54) is 5.56 Å². The highest BCUT2D eigenvalue weighted by atomic mass is 35.5. The number of rotatable bonds is 5. The van der Waals surface area contributed by atoms with Crippen molar-refractivity contribution in [2.75, 3.05) is 12.4 Å². The molecule has 0 aliphatic carbocycles. The molecule has 0 aliphatic rings. The number of nitrogens with one attached hydrogen (secondary N) is 1. The molecule has 0 spiro atoms. The number of hydrogen-bond acceptors (Lipinski definition) is 1. The molecule has 78 valence electrons. The van der Waals surface area contributed by atoms with Crippen molar-refractivity contribution in [1.82, 2.24) is 5.32 Å². The fourth-order valence-electron chi connectivity index (χ4n) is 1.35. The monoisotopic (exact) mass is 231 g/mol. The maximum atomic E-state index is 5.80. The summed E-state index contributed by atoms with van der Waals surface area (Å²) in [5.41, 5.74) is 1.30. The second-order valence-corrected chi connectivity index (χ2v) is 4.19. The SMILES string of the molecule is CC(Cc1ccc(Cl)cc1)NCCCl. The lowest BCUT2D eigenvalue weighted by Gasteiger charge is -2.12. The number of alkyl halides is 1. The molecule has 0 saturated heterocycles. The topological polar surface area (TPSA) is 12.0 Å². The van der Waals surface area contributed by atoms with Crippen LogP contribution in [0, 0.1) is 0 Å². The fourth-order valence-corrected chi connectivity index (χ4v) is 1.58. The molecular formula is C11H15Cl2N. The van der Waals surface area contributed by atoms with Crippen LogP contribution in [0.3, 0.4) is 0 Å². The average molecular weight is 232 g/mol. The third-order valence-electron chi connectivity index (χ3n) is 2.04. The Hall–Kier alpha value is -0.240. The second-order valence-electron chi connectivity index (χ2n) is 3.37. The minimum atomic E-state index is 0.454. The molecule has 0 amide bonds. The van der Waals surface area contributed by atoms with Crippen LogP contribution in [0.2, 0.25) is 5.02 Å². The lowest BCUT2D eigenvalue weighted by Crippen LogP contribution is -2.29. The van der Waals surface area contributed by atoms with Gasteiger partial charge in [0.2, 0.25) is 0 Å². The van der Waals surface area contributed by atoms with E-state index in [1.54, 1.807) is 0 Å². The summed E-state index contributed by atoms with van der Waals surface area (Å²) in [5, 5.41) is 4.12. The summed E-state index contributed by atoms with van der Waals surface area (Å²) in [5.74, 6) is 0.658. The largest absolute Gasteiger partial charge is 0.313 e. The van der Waals surface area contributed by atoms with Gasteiger partial charge in [-0.3, -0.25) is 0 Å². The van der Waals surface area contributed by atoms with Gasteiger partial charge in [0.15, 0.2) is 0 Å². The molecule has 0 aromatic heterocycles. The predicted molar refractivity (Wildman–Crippen MR) is 63.3 cm³/mol. The first kappa shape index (κ1) is 11.8. The fraction of sp³-hybridized carbons (Fsp3) is 0.455. The summed E-state index contributed by atoms with van der Waals surface area (Å²) in [4.78, 5) is 0. The molecule has 0 heterocycles. The zero-order valence-corrected chi connectivity index (χ0v) is 9.78. The van der Waals surface area contributed by atoms with Crippen molar-refractivity contribution in [3.05, 3.63) is 34.9 Å². The minimum absolute atomic E-state index is 0.454. The van der Waals surface area contributed by atoms with E-state index in [1.807, 2.05) is 12.1 Å².